The van der Waals surface area contributed by atoms with E-state index in [2.05, 4.69) is 25.7 Å². The highest BCUT2D eigenvalue weighted by Crippen LogP contribution is 2.44. The lowest BCUT2D eigenvalue weighted by Gasteiger charge is -2.54. The van der Waals surface area contributed by atoms with Gasteiger partial charge in [-0.3, -0.25) is 4.79 Å². The molecule has 0 aromatic heterocycles. The average molecular weight is 532 g/mol. The van der Waals surface area contributed by atoms with E-state index in [9.17, 15) is 9.90 Å². The van der Waals surface area contributed by atoms with Gasteiger partial charge in [0.15, 0.2) is 12.3 Å². The number of hydrogen-bond acceptors (Lipinski definition) is 10. The van der Waals surface area contributed by atoms with Crippen LogP contribution in [0.4, 0.5) is 0 Å². The van der Waals surface area contributed by atoms with Gasteiger partial charge in [0.25, 0.3) is 5.91 Å². The minimum absolute atomic E-state index is 0.0639. The lowest BCUT2D eigenvalue weighted by molar-refractivity contribution is -0.333. The number of methoxy groups -OCH3 is 4. The molecular weight excluding hydrogens is 486 g/mol. The monoisotopic (exact) mass is 531 g/mol. The molecule has 11 heteroatoms. The summed E-state index contributed by atoms with van der Waals surface area (Å²) in [5.74, 6) is -2.21. The van der Waals surface area contributed by atoms with Crippen LogP contribution in [0.1, 0.15) is 40.5 Å². The van der Waals surface area contributed by atoms with Gasteiger partial charge in [0, 0.05) is 52.6 Å². The Morgan fingerprint density at radius 1 is 1.19 bits per heavy atom. The van der Waals surface area contributed by atoms with Crippen LogP contribution in [0.15, 0.2) is 12.2 Å². The first-order valence-electron chi connectivity index (χ1n) is 12.8. The topological polar surface area (TPSA) is 123 Å². The summed E-state index contributed by atoms with van der Waals surface area (Å²) in [7, 11) is 6.28. The van der Waals surface area contributed by atoms with E-state index in [1.807, 2.05) is 13.8 Å². The number of fused-ring (bicyclic) bond motifs is 1. The molecule has 2 N–H and O–H groups in total. The maximum atomic E-state index is 13.3. The Morgan fingerprint density at radius 3 is 2.46 bits per heavy atom. The van der Waals surface area contributed by atoms with Crippen LogP contribution >= 0.6 is 0 Å². The highest BCUT2D eigenvalue weighted by molar-refractivity contribution is 5.82. The van der Waals surface area contributed by atoms with Crippen molar-refractivity contribution in [1.29, 1.82) is 0 Å². The average Bonchev–Trinajstić information content (AvgIpc) is 2.86. The summed E-state index contributed by atoms with van der Waals surface area (Å²) < 4.78 is 46.5. The van der Waals surface area contributed by atoms with Crippen molar-refractivity contribution in [3.05, 3.63) is 12.2 Å². The van der Waals surface area contributed by atoms with E-state index in [1.165, 1.54) is 7.11 Å². The Labute approximate surface area is 220 Å². The van der Waals surface area contributed by atoms with Crippen LogP contribution in [-0.2, 0) is 42.7 Å². The SMILES string of the molecule is C=C1C[C@](OC)([C@H](O)C(=O)N[C@H]2OCO[C@H]3[C@@H]2O[C@H](C[C@@H](COC)OC)C(C)(C)[C@H]3OC)O[C@H](C)[C@@H]1C. The van der Waals surface area contributed by atoms with Crippen LogP contribution in [-0.4, -0.2) is 108 Å². The molecule has 3 fully saturated rings. The summed E-state index contributed by atoms with van der Waals surface area (Å²) in [6.45, 7) is 12.4. The normalized spacial score (nSPS) is 39.5. The lowest BCUT2D eigenvalue weighted by Crippen LogP contribution is -2.69. The quantitative estimate of drug-likeness (QED) is 0.400. The van der Waals surface area contributed by atoms with Crippen molar-refractivity contribution in [1.82, 2.24) is 5.32 Å². The maximum Gasteiger partial charge on any atom is 0.256 e. The molecule has 0 aromatic rings. The molecule has 1 amide bonds. The first-order chi connectivity index (χ1) is 17.4. The molecule has 3 aliphatic rings. The van der Waals surface area contributed by atoms with E-state index in [4.69, 9.17) is 37.9 Å². The standard InChI is InChI=1S/C26H45NO10/c1-14-11-26(33-9,37-16(3)15(14)2)21(28)23(29)27-24-20-19(34-13-35-24)22(32-8)25(4,5)18(36-20)10-17(31-7)12-30-6/h15-22,24,28H,1,10-13H2,2-9H3,(H,27,29)/t15-,16-,17+,18-,19+,20+,21-,22+,24+,26-/m1/s1. The minimum Gasteiger partial charge on any atom is -0.382 e. The third-order valence-corrected chi connectivity index (χ3v) is 8.23. The highest BCUT2D eigenvalue weighted by Gasteiger charge is 2.57. The third-order valence-electron chi connectivity index (χ3n) is 8.23. The second-order valence-corrected chi connectivity index (χ2v) is 10.8. The second-order valence-electron chi connectivity index (χ2n) is 10.8. The fraction of sp³-hybridized carbons (Fsp3) is 0.885. The van der Waals surface area contributed by atoms with Crippen LogP contribution in [0.5, 0.6) is 0 Å². The highest BCUT2D eigenvalue weighted by atomic mass is 16.7. The Bertz CT molecular complexity index is 793. The number of ether oxygens (including phenoxy) is 8. The number of amides is 1. The summed E-state index contributed by atoms with van der Waals surface area (Å²) in [4.78, 5) is 13.3. The van der Waals surface area contributed by atoms with Gasteiger partial charge in [-0.05, 0) is 6.92 Å². The lowest BCUT2D eigenvalue weighted by atomic mass is 9.72. The van der Waals surface area contributed by atoms with Crippen molar-refractivity contribution in [3.8, 4) is 0 Å². The van der Waals surface area contributed by atoms with Gasteiger partial charge in [-0.2, -0.15) is 0 Å². The van der Waals surface area contributed by atoms with Gasteiger partial charge in [0.2, 0.25) is 5.79 Å². The number of aliphatic hydroxyl groups excluding tert-OH is 1. The number of rotatable bonds is 10. The molecule has 3 aliphatic heterocycles. The Kier molecular flexibility index (Phi) is 10.1. The molecule has 0 unspecified atom stereocenters. The van der Waals surface area contributed by atoms with Crippen molar-refractivity contribution in [2.45, 2.75) is 95.3 Å². The molecular formula is C26H45NO10. The van der Waals surface area contributed by atoms with Crippen molar-refractivity contribution in [3.63, 3.8) is 0 Å². The van der Waals surface area contributed by atoms with Crippen LogP contribution < -0.4 is 5.32 Å². The predicted octanol–water partition coefficient (Wildman–Crippen LogP) is 1.37. The summed E-state index contributed by atoms with van der Waals surface area (Å²) in [6, 6.07) is 0. The van der Waals surface area contributed by atoms with Crippen molar-refractivity contribution in [2.24, 2.45) is 11.3 Å². The van der Waals surface area contributed by atoms with Gasteiger partial charge in [0.1, 0.15) is 19.0 Å². The van der Waals surface area contributed by atoms with E-state index in [-0.39, 0.29) is 43.5 Å². The van der Waals surface area contributed by atoms with Gasteiger partial charge >= 0.3 is 0 Å². The Hall–Kier alpha value is -1.15. The van der Waals surface area contributed by atoms with Gasteiger partial charge in [-0.25, -0.2) is 0 Å². The number of carbonyl (C=O) groups is 1. The van der Waals surface area contributed by atoms with Crippen molar-refractivity contribution >= 4 is 5.91 Å². The zero-order chi connectivity index (χ0) is 27.5. The fourth-order valence-corrected chi connectivity index (χ4v) is 5.59. The molecule has 0 spiro atoms. The van der Waals surface area contributed by atoms with Gasteiger partial charge < -0.3 is 48.3 Å². The fourth-order valence-electron chi connectivity index (χ4n) is 5.59. The first kappa shape index (κ1) is 30.4. The molecule has 214 valence electrons. The largest absolute Gasteiger partial charge is 0.382 e. The number of nitrogens with one attached hydrogen (secondary N) is 1. The van der Waals surface area contributed by atoms with E-state index < -0.39 is 41.6 Å². The first-order valence-corrected chi connectivity index (χ1v) is 12.8. The molecule has 11 nitrogen and oxygen atoms in total. The minimum atomic E-state index is -1.64. The molecule has 3 saturated heterocycles. The summed E-state index contributed by atoms with van der Waals surface area (Å²) in [5, 5.41) is 13.9. The predicted molar refractivity (Wildman–Crippen MR) is 132 cm³/mol. The molecule has 0 aliphatic carbocycles. The molecule has 10 atom stereocenters. The van der Waals surface area contributed by atoms with Crippen molar-refractivity contribution < 1.29 is 47.8 Å². The summed E-state index contributed by atoms with van der Waals surface area (Å²) >= 11 is 0. The van der Waals surface area contributed by atoms with E-state index >= 15 is 0 Å². The van der Waals surface area contributed by atoms with E-state index in [1.54, 1.807) is 21.3 Å². The van der Waals surface area contributed by atoms with Gasteiger partial charge in [-0.1, -0.05) is 32.9 Å². The Morgan fingerprint density at radius 2 is 1.89 bits per heavy atom. The van der Waals surface area contributed by atoms with Crippen LogP contribution in [0.3, 0.4) is 0 Å². The number of hydrogen-bond donors (Lipinski definition) is 2. The van der Waals surface area contributed by atoms with Crippen LogP contribution in [0.25, 0.3) is 0 Å². The zero-order valence-electron chi connectivity index (χ0n) is 23.4. The third kappa shape index (κ3) is 6.05. The number of carbonyl (C=O) groups excluding carboxylic acids is 1. The molecule has 0 bridgehead atoms. The molecule has 0 radical (unpaired) electrons. The summed E-state index contributed by atoms with van der Waals surface area (Å²) in [5.41, 5.74) is 0.386. The zero-order valence-corrected chi connectivity index (χ0v) is 23.4. The Balaban J connectivity index is 1.80. The smallest absolute Gasteiger partial charge is 0.256 e. The van der Waals surface area contributed by atoms with E-state index in [0.717, 1.165) is 5.57 Å². The molecule has 3 heterocycles. The van der Waals surface area contributed by atoms with Crippen molar-refractivity contribution in [2.75, 3.05) is 41.8 Å². The molecule has 37 heavy (non-hydrogen) atoms. The van der Waals surface area contributed by atoms with Gasteiger partial charge in [-0.15, -0.1) is 0 Å². The van der Waals surface area contributed by atoms with Crippen LogP contribution in [0.2, 0.25) is 0 Å². The number of aliphatic hydroxyl groups is 1. The maximum absolute atomic E-state index is 13.3. The van der Waals surface area contributed by atoms with Gasteiger partial charge in [0.05, 0.1) is 31.0 Å². The second kappa shape index (κ2) is 12.4. The van der Waals surface area contributed by atoms with E-state index in [0.29, 0.717) is 13.0 Å². The summed E-state index contributed by atoms with van der Waals surface area (Å²) in [6.07, 6.45) is -4.23. The molecule has 0 saturated carbocycles. The molecule has 0 aromatic carbocycles. The molecule has 3 rings (SSSR count). The van der Waals surface area contributed by atoms with Crippen LogP contribution in [0, 0.1) is 11.3 Å².